The Morgan fingerprint density at radius 2 is 2.24 bits per heavy atom. The van der Waals surface area contributed by atoms with Crippen LogP contribution in [-0.4, -0.2) is 34.6 Å². The Morgan fingerprint density at radius 1 is 1.38 bits per heavy atom. The molecule has 5 nitrogen and oxygen atoms in total. The topological polar surface area (TPSA) is 68.4 Å². The highest BCUT2D eigenvalue weighted by atomic mass is 79.9. The van der Waals surface area contributed by atoms with Gasteiger partial charge in [0.05, 0.1) is 24.4 Å². The van der Waals surface area contributed by atoms with Crippen molar-refractivity contribution in [3.63, 3.8) is 0 Å². The fourth-order valence-corrected chi connectivity index (χ4v) is 3.55. The van der Waals surface area contributed by atoms with E-state index in [-0.39, 0.29) is 5.92 Å². The van der Waals surface area contributed by atoms with Gasteiger partial charge in [-0.05, 0) is 34.5 Å². The fourth-order valence-electron chi connectivity index (χ4n) is 2.14. The van der Waals surface area contributed by atoms with Crippen molar-refractivity contribution in [3.8, 4) is 0 Å². The van der Waals surface area contributed by atoms with E-state index in [0.29, 0.717) is 37.1 Å². The molecular weight excluding hydrogens is 356 g/mol. The Bertz CT molecular complexity index is 607. The molecule has 0 saturated carbocycles. The molecule has 2 atom stereocenters. The van der Waals surface area contributed by atoms with Gasteiger partial charge in [-0.15, -0.1) is 11.8 Å². The largest absolute Gasteiger partial charge is 0.392 e. The Balaban J connectivity index is 1.64. The molecule has 7 heteroatoms. The smallest absolute Gasteiger partial charge is 0.234 e. The molecule has 2 aromatic rings. The molecular formula is C14H15BrN2O3S. The molecule has 112 valence electrons. The summed E-state index contributed by atoms with van der Waals surface area (Å²) in [4.78, 5) is 5.50. The monoisotopic (exact) mass is 370 g/mol. The summed E-state index contributed by atoms with van der Waals surface area (Å²) in [5.74, 6) is 1.50. The van der Waals surface area contributed by atoms with Crippen LogP contribution in [0.4, 0.5) is 0 Å². The molecule has 0 amide bonds. The molecule has 2 heterocycles. The molecule has 3 rings (SSSR count). The zero-order valence-electron chi connectivity index (χ0n) is 11.2. The Hall–Kier alpha value is -0.890. The van der Waals surface area contributed by atoms with Crippen LogP contribution < -0.4 is 0 Å². The van der Waals surface area contributed by atoms with Crippen molar-refractivity contribution in [1.82, 2.24) is 10.1 Å². The zero-order chi connectivity index (χ0) is 14.7. The summed E-state index contributed by atoms with van der Waals surface area (Å²) in [6.45, 7) is 1.01. The summed E-state index contributed by atoms with van der Waals surface area (Å²) < 4.78 is 11.7. The number of rotatable bonds is 4. The second-order valence-corrected chi connectivity index (χ2v) is 6.68. The normalized spacial score (nSPS) is 22.4. The fraction of sp³-hybridized carbons (Fsp3) is 0.429. The van der Waals surface area contributed by atoms with Crippen molar-refractivity contribution >= 4 is 27.7 Å². The van der Waals surface area contributed by atoms with Gasteiger partial charge in [-0.25, -0.2) is 0 Å². The van der Waals surface area contributed by atoms with Crippen molar-refractivity contribution in [1.29, 1.82) is 0 Å². The molecule has 0 aliphatic carbocycles. The lowest BCUT2D eigenvalue weighted by molar-refractivity contribution is -0.0149. The molecule has 2 unspecified atom stereocenters. The van der Waals surface area contributed by atoms with Crippen LogP contribution in [0.3, 0.4) is 0 Å². The molecule has 1 aromatic heterocycles. The second kappa shape index (κ2) is 6.91. The lowest BCUT2D eigenvalue weighted by atomic mass is 9.99. The number of nitrogens with zero attached hydrogens (tertiary/aromatic N) is 2. The average molecular weight is 371 g/mol. The molecule has 1 aliphatic rings. The van der Waals surface area contributed by atoms with E-state index in [0.717, 1.165) is 9.37 Å². The molecule has 1 aromatic carbocycles. The van der Waals surface area contributed by atoms with Crippen molar-refractivity contribution in [3.05, 3.63) is 40.5 Å². The predicted octanol–water partition coefficient (Wildman–Crippen LogP) is 2.99. The lowest BCUT2D eigenvalue weighted by Gasteiger charge is -2.24. The van der Waals surface area contributed by atoms with Crippen molar-refractivity contribution in [2.45, 2.75) is 29.1 Å². The SMILES string of the molecule is OC1CCOCC1c1nc(CSc2ccccc2Br)no1. The maximum Gasteiger partial charge on any atom is 0.234 e. The Morgan fingerprint density at radius 3 is 3.05 bits per heavy atom. The number of thioether (sulfide) groups is 1. The summed E-state index contributed by atoms with van der Waals surface area (Å²) >= 11 is 5.15. The van der Waals surface area contributed by atoms with E-state index < -0.39 is 6.10 Å². The summed E-state index contributed by atoms with van der Waals surface area (Å²) in [5.41, 5.74) is 0. The van der Waals surface area contributed by atoms with Crippen LogP contribution in [0.5, 0.6) is 0 Å². The van der Waals surface area contributed by atoms with E-state index in [1.54, 1.807) is 11.8 Å². The van der Waals surface area contributed by atoms with Gasteiger partial charge in [-0.1, -0.05) is 17.3 Å². The summed E-state index contributed by atoms with van der Waals surface area (Å²) in [6.07, 6.45) is 0.136. The van der Waals surface area contributed by atoms with Crippen molar-refractivity contribution < 1.29 is 14.4 Å². The molecule has 21 heavy (non-hydrogen) atoms. The van der Waals surface area contributed by atoms with Gasteiger partial charge >= 0.3 is 0 Å². The van der Waals surface area contributed by atoms with Crippen LogP contribution >= 0.6 is 27.7 Å². The molecule has 1 fully saturated rings. The van der Waals surface area contributed by atoms with E-state index in [1.165, 1.54) is 0 Å². The number of hydrogen-bond donors (Lipinski definition) is 1. The second-order valence-electron chi connectivity index (χ2n) is 4.81. The summed E-state index contributed by atoms with van der Waals surface area (Å²) in [5, 5.41) is 13.9. The standard InChI is InChI=1S/C14H15BrN2O3S/c15-10-3-1-2-4-12(10)21-8-13-16-14(20-17-13)9-7-19-6-5-11(9)18/h1-4,9,11,18H,5-8H2. The quantitative estimate of drug-likeness (QED) is 0.834. The molecule has 1 saturated heterocycles. The van der Waals surface area contributed by atoms with E-state index >= 15 is 0 Å². The number of aromatic nitrogens is 2. The number of benzene rings is 1. The van der Waals surface area contributed by atoms with Gasteiger partial charge in [0.1, 0.15) is 0 Å². The molecule has 1 N–H and O–H groups in total. The third-order valence-electron chi connectivity index (χ3n) is 3.31. The number of hydrogen-bond acceptors (Lipinski definition) is 6. The highest BCUT2D eigenvalue weighted by Gasteiger charge is 2.30. The summed E-state index contributed by atoms with van der Waals surface area (Å²) in [6, 6.07) is 8.00. The van der Waals surface area contributed by atoms with Gasteiger partial charge in [-0.2, -0.15) is 4.98 Å². The average Bonchev–Trinajstić information content (AvgIpc) is 2.96. The number of halogens is 1. The van der Waals surface area contributed by atoms with Gasteiger partial charge in [0.25, 0.3) is 0 Å². The van der Waals surface area contributed by atoms with Gasteiger partial charge in [0, 0.05) is 16.0 Å². The molecule has 1 aliphatic heterocycles. The van der Waals surface area contributed by atoms with Crippen LogP contribution in [-0.2, 0) is 10.5 Å². The van der Waals surface area contributed by atoms with Gasteiger partial charge in [0.15, 0.2) is 5.82 Å². The van der Waals surface area contributed by atoms with Gasteiger partial charge in [0.2, 0.25) is 5.89 Å². The number of ether oxygens (including phenoxy) is 1. The summed E-state index contributed by atoms with van der Waals surface area (Å²) in [7, 11) is 0. The molecule has 0 bridgehead atoms. The minimum absolute atomic E-state index is 0.214. The third-order valence-corrected chi connectivity index (χ3v) is 5.34. The van der Waals surface area contributed by atoms with E-state index in [2.05, 4.69) is 26.1 Å². The van der Waals surface area contributed by atoms with E-state index in [9.17, 15) is 5.11 Å². The van der Waals surface area contributed by atoms with Crippen LogP contribution in [0.2, 0.25) is 0 Å². The first kappa shape index (κ1) is 15.0. The van der Waals surface area contributed by atoms with Crippen molar-refractivity contribution in [2.24, 2.45) is 0 Å². The molecule has 0 radical (unpaired) electrons. The lowest BCUT2D eigenvalue weighted by Crippen LogP contribution is -2.30. The highest BCUT2D eigenvalue weighted by Crippen LogP contribution is 2.30. The van der Waals surface area contributed by atoms with Gasteiger partial charge in [-0.3, -0.25) is 0 Å². The maximum atomic E-state index is 9.96. The van der Waals surface area contributed by atoms with Crippen LogP contribution in [0.1, 0.15) is 24.1 Å². The van der Waals surface area contributed by atoms with E-state index in [4.69, 9.17) is 9.26 Å². The van der Waals surface area contributed by atoms with Crippen LogP contribution in [0.15, 0.2) is 38.2 Å². The third kappa shape index (κ3) is 3.66. The molecule has 0 spiro atoms. The maximum absolute atomic E-state index is 9.96. The van der Waals surface area contributed by atoms with Crippen molar-refractivity contribution in [2.75, 3.05) is 13.2 Å². The van der Waals surface area contributed by atoms with Crippen LogP contribution in [0.25, 0.3) is 0 Å². The minimum atomic E-state index is -0.469. The van der Waals surface area contributed by atoms with E-state index in [1.807, 2.05) is 24.3 Å². The minimum Gasteiger partial charge on any atom is -0.392 e. The van der Waals surface area contributed by atoms with Gasteiger partial charge < -0.3 is 14.4 Å². The zero-order valence-corrected chi connectivity index (χ0v) is 13.6. The first-order chi connectivity index (χ1) is 10.2. The highest BCUT2D eigenvalue weighted by molar-refractivity contribution is 9.10. The first-order valence-corrected chi connectivity index (χ1v) is 8.47. The predicted molar refractivity (Wildman–Crippen MR) is 82.2 cm³/mol. The number of aliphatic hydroxyl groups is 1. The number of aliphatic hydroxyl groups excluding tert-OH is 1. The first-order valence-electron chi connectivity index (χ1n) is 6.69. The Kier molecular flexibility index (Phi) is 4.95. The van der Waals surface area contributed by atoms with Crippen LogP contribution in [0, 0.1) is 0 Å². The Labute approximate surface area is 135 Å².